The number of hydrogen-bond acceptors (Lipinski definition) is 7. The number of benzene rings is 2. The zero-order valence-corrected chi connectivity index (χ0v) is 31.7. The van der Waals surface area contributed by atoms with E-state index in [-0.39, 0.29) is 35.9 Å². The van der Waals surface area contributed by atoms with Crippen LogP contribution in [0.15, 0.2) is 54.9 Å². The molecule has 280 valence electrons. The van der Waals surface area contributed by atoms with Crippen molar-refractivity contribution in [1.29, 1.82) is 0 Å². The van der Waals surface area contributed by atoms with Crippen molar-refractivity contribution < 1.29 is 9.90 Å². The van der Waals surface area contributed by atoms with E-state index in [0.29, 0.717) is 12.6 Å². The number of hydrogen-bond donors (Lipinski definition) is 5. The van der Waals surface area contributed by atoms with Gasteiger partial charge in [0.1, 0.15) is 17.9 Å². The van der Waals surface area contributed by atoms with Crippen LogP contribution < -0.4 is 11.5 Å². The van der Waals surface area contributed by atoms with Crippen LogP contribution in [0.1, 0.15) is 102 Å². The maximum Gasteiger partial charge on any atom is 0.240 e. The van der Waals surface area contributed by atoms with Crippen LogP contribution in [0.5, 0.6) is 0 Å². The number of nitrogens with zero attached hydrogens (tertiary/aromatic N) is 5. The minimum absolute atomic E-state index is 0.0101. The number of imidazole rings is 2. The van der Waals surface area contributed by atoms with Gasteiger partial charge in [-0.3, -0.25) is 9.69 Å². The van der Waals surface area contributed by atoms with Crippen molar-refractivity contribution in [2.75, 3.05) is 13.1 Å². The first-order valence-electron chi connectivity index (χ1n) is 19.7. The summed E-state index contributed by atoms with van der Waals surface area (Å²) in [4.78, 5) is 34.0. The number of aliphatic hydroxyl groups is 1. The highest BCUT2D eigenvalue weighted by Gasteiger charge is 2.37. The third-order valence-electron chi connectivity index (χ3n) is 12.2. The summed E-state index contributed by atoms with van der Waals surface area (Å²) >= 11 is 0. The molecule has 0 saturated carbocycles. The van der Waals surface area contributed by atoms with Gasteiger partial charge in [0.25, 0.3) is 0 Å². The second-order valence-electron chi connectivity index (χ2n) is 16.3. The summed E-state index contributed by atoms with van der Waals surface area (Å²) in [5.74, 6) is 2.00. The highest BCUT2D eigenvalue weighted by molar-refractivity contribution is 5.92. The fraction of sp³-hybridized carbons (Fsp3) is 0.500. The van der Waals surface area contributed by atoms with Crippen molar-refractivity contribution in [3.8, 4) is 33.8 Å². The van der Waals surface area contributed by atoms with Crippen molar-refractivity contribution in [3.63, 3.8) is 0 Å². The predicted octanol–water partition coefficient (Wildman–Crippen LogP) is 6.68. The number of fused-ring (bicyclic) bond motifs is 5. The predicted molar refractivity (Wildman–Crippen MR) is 210 cm³/mol. The number of aromatic nitrogens is 5. The normalized spacial score (nSPS) is 22.2. The number of aromatic amines is 2. The summed E-state index contributed by atoms with van der Waals surface area (Å²) in [6.45, 7) is 11.9. The van der Waals surface area contributed by atoms with E-state index in [2.05, 4.69) is 82.7 Å². The van der Waals surface area contributed by atoms with Gasteiger partial charge in [-0.05, 0) is 85.8 Å². The van der Waals surface area contributed by atoms with Crippen molar-refractivity contribution in [1.82, 2.24) is 34.3 Å². The van der Waals surface area contributed by atoms with Crippen LogP contribution >= 0.6 is 0 Å². The molecule has 0 bridgehead atoms. The van der Waals surface area contributed by atoms with Crippen molar-refractivity contribution in [3.05, 3.63) is 72.1 Å². The second kappa shape index (κ2) is 14.2. The fourth-order valence-electron chi connectivity index (χ4n) is 8.92. The smallest absolute Gasteiger partial charge is 0.240 e. The minimum atomic E-state index is -0.698. The molecule has 11 nitrogen and oxygen atoms in total. The highest BCUT2D eigenvalue weighted by Crippen LogP contribution is 2.43. The number of aliphatic hydroxyl groups excluding tert-OH is 1. The van der Waals surface area contributed by atoms with Crippen LogP contribution in [0.25, 0.3) is 44.7 Å². The number of nitrogens with one attached hydrogen (secondary N) is 2. The van der Waals surface area contributed by atoms with Crippen molar-refractivity contribution in [2.24, 2.45) is 23.3 Å². The molecule has 6 unspecified atom stereocenters. The van der Waals surface area contributed by atoms with E-state index in [4.69, 9.17) is 21.4 Å². The van der Waals surface area contributed by atoms with Crippen molar-refractivity contribution in [2.45, 2.75) is 110 Å². The summed E-state index contributed by atoms with van der Waals surface area (Å²) < 4.78 is 2.52. The van der Waals surface area contributed by atoms with Gasteiger partial charge in [-0.2, -0.15) is 0 Å². The number of H-pyrrole nitrogens is 2. The monoisotopic (exact) mass is 717 g/mol. The largest absolute Gasteiger partial charge is 0.377 e. The van der Waals surface area contributed by atoms with Gasteiger partial charge in [0.05, 0.1) is 41.9 Å². The van der Waals surface area contributed by atoms with Gasteiger partial charge >= 0.3 is 0 Å². The molecule has 53 heavy (non-hydrogen) atoms. The maximum absolute atomic E-state index is 13.2. The molecule has 1 amide bonds. The average molecular weight is 718 g/mol. The summed E-state index contributed by atoms with van der Waals surface area (Å²) in [6.07, 6.45) is 8.89. The lowest BCUT2D eigenvalue weighted by atomic mass is 9.90. The van der Waals surface area contributed by atoms with Gasteiger partial charge in [-0.1, -0.05) is 52.8 Å². The van der Waals surface area contributed by atoms with Gasteiger partial charge in [0.2, 0.25) is 5.91 Å². The van der Waals surface area contributed by atoms with E-state index in [0.717, 1.165) is 79.2 Å². The average Bonchev–Trinajstić information content (AvgIpc) is 4.01. The summed E-state index contributed by atoms with van der Waals surface area (Å²) in [6, 6.07) is 15.3. The second-order valence-corrected chi connectivity index (χ2v) is 16.3. The Kier molecular flexibility index (Phi) is 9.55. The zero-order valence-electron chi connectivity index (χ0n) is 31.7. The zero-order chi connectivity index (χ0) is 37.1. The Labute approximate surface area is 312 Å². The number of carbonyl (C=O) groups excluding carboxylic acids is 1. The Morgan fingerprint density at radius 2 is 1.55 bits per heavy atom. The maximum atomic E-state index is 13.2. The number of likely N-dealkylation sites (tertiary alicyclic amines) is 2. The Bertz CT molecular complexity index is 2110. The lowest BCUT2D eigenvalue weighted by molar-refractivity contribution is -0.134. The quantitative estimate of drug-likeness (QED) is 0.108. The minimum Gasteiger partial charge on any atom is -0.377 e. The standard InChI is InChI=1S/C42H55N9O2/c1-6-29-19-27-17-25(31-21-45-39(47-31)34-9-7-15-49(34)41(52)37(43)23(2)3)11-13-30(27)36-20-28-18-26(12-14-33(28)51(29)36)32-22-46-40(48-32)35-10-8-16-50(35)42(53)38(44)24(4)5/h11-14,17-18,20-24,29,34-35,37-38,42,53H,6-10,15-16,19,43-44H2,1-5H3,(H,45,47)(H,46,48). The van der Waals surface area contributed by atoms with E-state index in [1.807, 2.05) is 31.1 Å². The van der Waals surface area contributed by atoms with Gasteiger partial charge < -0.3 is 36.0 Å². The van der Waals surface area contributed by atoms with Crippen LogP contribution in [0.3, 0.4) is 0 Å². The summed E-state index contributed by atoms with van der Waals surface area (Å²) in [5.41, 5.74) is 21.8. The number of rotatable bonds is 10. The van der Waals surface area contributed by atoms with Crippen LogP contribution in [-0.4, -0.2) is 76.7 Å². The molecule has 0 spiro atoms. The summed E-state index contributed by atoms with van der Waals surface area (Å²) in [5, 5.41) is 12.3. The van der Waals surface area contributed by atoms with E-state index in [1.54, 1.807) is 0 Å². The molecule has 3 aliphatic rings. The Morgan fingerprint density at radius 1 is 0.887 bits per heavy atom. The highest BCUT2D eigenvalue weighted by atomic mass is 16.3. The van der Waals surface area contributed by atoms with Crippen molar-refractivity contribution >= 4 is 16.8 Å². The van der Waals surface area contributed by atoms with Gasteiger partial charge in [-0.25, -0.2) is 9.97 Å². The molecule has 0 radical (unpaired) electrons. The molecule has 2 aromatic carbocycles. The summed E-state index contributed by atoms with van der Waals surface area (Å²) in [7, 11) is 0. The SMILES string of the molecule is CCC1Cc2cc(-c3cnc(C4CCCN4C(=O)C(N)C(C)C)[nH]3)ccc2-c2cc3cc(-c4cnc(C5CCCN5C(O)C(N)C(C)C)[nH]4)ccc3n21. The number of amides is 1. The molecule has 7 N–H and O–H groups in total. The molecule has 0 aliphatic carbocycles. The molecule has 6 heterocycles. The van der Waals surface area contributed by atoms with Gasteiger partial charge in [0, 0.05) is 52.9 Å². The molecule has 8 rings (SSSR count). The van der Waals surface area contributed by atoms with E-state index >= 15 is 0 Å². The molecule has 3 aliphatic heterocycles. The molecule has 6 atom stereocenters. The molecular formula is C42H55N9O2. The molecule has 2 fully saturated rings. The van der Waals surface area contributed by atoms with Gasteiger partial charge in [0.15, 0.2) is 0 Å². The van der Waals surface area contributed by atoms with Crippen LogP contribution in [0.4, 0.5) is 0 Å². The van der Waals surface area contributed by atoms with Gasteiger partial charge in [-0.15, -0.1) is 0 Å². The van der Waals surface area contributed by atoms with E-state index in [1.165, 1.54) is 27.7 Å². The third-order valence-corrected chi connectivity index (χ3v) is 12.2. The third kappa shape index (κ3) is 6.31. The fourth-order valence-corrected chi connectivity index (χ4v) is 8.92. The van der Waals surface area contributed by atoms with Crippen LogP contribution in [-0.2, 0) is 11.2 Å². The van der Waals surface area contributed by atoms with E-state index < -0.39 is 12.3 Å². The first-order chi connectivity index (χ1) is 25.5. The molecule has 11 heteroatoms. The van der Waals surface area contributed by atoms with Crippen LogP contribution in [0.2, 0.25) is 0 Å². The van der Waals surface area contributed by atoms with E-state index in [9.17, 15) is 9.90 Å². The Morgan fingerprint density at radius 3 is 2.25 bits per heavy atom. The topological polar surface area (TPSA) is 158 Å². The molecule has 5 aromatic rings. The first-order valence-corrected chi connectivity index (χ1v) is 19.7. The number of nitrogens with two attached hydrogens (primary N) is 2. The molecular weight excluding hydrogens is 663 g/mol. The van der Waals surface area contributed by atoms with Crippen LogP contribution in [0, 0.1) is 11.8 Å². The number of carbonyl (C=O) groups is 1. The molecule has 2 saturated heterocycles. The lowest BCUT2D eigenvalue weighted by Crippen LogP contribution is -2.50. The Hall–Kier alpha value is -4.29. The Balaban J connectivity index is 1.06. The first kappa shape index (κ1) is 35.7. The lowest BCUT2D eigenvalue weighted by Gasteiger charge is -2.33. The molecule has 3 aromatic heterocycles.